The van der Waals surface area contributed by atoms with E-state index in [0.717, 1.165) is 24.2 Å². The third-order valence-electron chi connectivity index (χ3n) is 2.26. The molecule has 0 heterocycles. The van der Waals surface area contributed by atoms with Crippen LogP contribution in [0.5, 0.6) is 5.75 Å². The maximum absolute atomic E-state index is 9.33. The highest BCUT2D eigenvalue weighted by molar-refractivity contribution is 6.32. The first kappa shape index (κ1) is 9.81. The quantitative estimate of drug-likeness (QED) is 0.835. The van der Waals surface area contributed by atoms with Gasteiger partial charge in [0, 0.05) is 0 Å². The Morgan fingerprint density at radius 3 is 2.71 bits per heavy atom. The SMILES string of the molecule is C[C@@H](O)c1ccc(OC2CC2)c(Cl)c1. The molecule has 76 valence electrons. The lowest BCUT2D eigenvalue weighted by molar-refractivity contribution is 0.199. The fourth-order valence-corrected chi connectivity index (χ4v) is 1.47. The summed E-state index contributed by atoms with van der Waals surface area (Å²) in [6.07, 6.45) is 2.11. The molecule has 1 N–H and O–H groups in total. The van der Waals surface area contributed by atoms with E-state index in [2.05, 4.69) is 0 Å². The molecule has 0 unspecified atom stereocenters. The summed E-state index contributed by atoms with van der Waals surface area (Å²) in [5.74, 6) is 0.721. The monoisotopic (exact) mass is 212 g/mol. The standard InChI is InChI=1S/C11H13ClO2/c1-7(13)8-2-5-11(10(12)6-8)14-9-3-4-9/h2,5-7,9,13H,3-4H2,1H3/t7-/m1/s1. The van der Waals surface area contributed by atoms with Crippen LogP contribution in [-0.4, -0.2) is 11.2 Å². The van der Waals surface area contributed by atoms with Gasteiger partial charge in [-0.2, -0.15) is 0 Å². The van der Waals surface area contributed by atoms with Crippen LogP contribution in [0.25, 0.3) is 0 Å². The van der Waals surface area contributed by atoms with Gasteiger partial charge >= 0.3 is 0 Å². The van der Waals surface area contributed by atoms with E-state index < -0.39 is 6.10 Å². The van der Waals surface area contributed by atoms with Crippen LogP contribution < -0.4 is 4.74 Å². The Kier molecular flexibility index (Phi) is 2.66. The van der Waals surface area contributed by atoms with Gasteiger partial charge in [0.1, 0.15) is 5.75 Å². The number of aliphatic hydroxyl groups excluding tert-OH is 1. The average Bonchev–Trinajstić information content (AvgIpc) is 2.92. The second-order valence-electron chi connectivity index (χ2n) is 3.68. The van der Waals surface area contributed by atoms with Gasteiger partial charge in [-0.05, 0) is 37.5 Å². The van der Waals surface area contributed by atoms with Crippen molar-refractivity contribution in [2.24, 2.45) is 0 Å². The van der Waals surface area contributed by atoms with Crippen LogP contribution >= 0.6 is 11.6 Å². The third-order valence-corrected chi connectivity index (χ3v) is 2.55. The molecule has 0 saturated heterocycles. The van der Waals surface area contributed by atoms with E-state index in [0.29, 0.717) is 11.1 Å². The van der Waals surface area contributed by atoms with Gasteiger partial charge in [-0.15, -0.1) is 0 Å². The largest absolute Gasteiger partial charge is 0.489 e. The third kappa shape index (κ3) is 2.20. The van der Waals surface area contributed by atoms with Crippen LogP contribution in [-0.2, 0) is 0 Å². The first-order chi connectivity index (χ1) is 6.66. The maximum Gasteiger partial charge on any atom is 0.138 e. The van der Waals surface area contributed by atoms with Gasteiger partial charge in [-0.3, -0.25) is 0 Å². The molecule has 0 bridgehead atoms. The number of rotatable bonds is 3. The van der Waals surface area contributed by atoms with Crippen molar-refractivity contribution in [3.05, 3.63) is 28.8 Å². The van der Waals surface area contributed by atoms with Crippen LogP contribution in [0.15, 0.2) is 18.2 Å². The molecule has 1 saturated carbocycles. The van der Waals surface area contributed by atoms with E-state index in [1.807, 2.05) is 12.1 Å². The summed E-state index contributed by atoms with van der Waals surface area (Å²) >= 11 is 6.01. The molecule has 0 aromatic heterocycles. The molecule has 0 spiro atoms. The lowest BCUT2D eigenvalue weighted by atomic mass is 10.1. The van der Waals surface area contributed by atoms with Gasteiger partial charge < -0.3 is 9.84 Å². The van der Waals surface area contributed by atoms with Crippen molar-refractivity contribution < 1.29 is 9.84 Å². The predicted octanol–water partition coefficient (Wildman–Crippen LogP) is 2.93. The summed E-state index contributed by atoms with van der Waals surface area (Å²) in [5, 5.41) is 9.91. The van der Waals surface area contributed by atoms with Gasteiger partial charge in [-0.1, -0.05) is 17.7 Å². The summed E-state index contributed by atoms with van der Waals surface area (Å²) in [6.45, 7) is 1.72. The lowest BCUT2D eigenvalue weighted by Crippen LogP contribution is -1.98. The summed E-state index contributed by atoms with van der Waals surface area (Å²) in [5.41, 5.74) is 0.818. The summed E-state index contributed by atoms with van der Waals surface area (Å²) in [7, 11) is 0. The number of hydrogen-bond acceptors (Lipinski definition) is 2. The molecule has 0 aliphatic heterocycles. The smallest absolute Gasteiger partial charge is 0.138 e. The van der Waals surface area contributed by atoms with Crippen molar-refractivity contribution >= 4 is 11.6 Å². The zero-order valence-electron chi connectivity index (χ0n) is 8.03. The maximum atomic E-state index is 9.33. The minimum atomic E-state index is -0.484. The van der Waals surface area contributed by atoms with Crippen molar-refractivity contribution in [2.75, 3.05) is 0 Å². The first-order valence-electron chi connectivity index (χ1n) is 4.81. The summed E-state index contributed by atoms with van der Waals surface area (Å²) in [4.78, 5) is 0. The van der Waals surface area contributed by atoms with Crippen molar-refractivity contribution in [1.82, 2.24) is 0 Å². The first-order valence-corrected chi connectivity index (χ1v) is 5.19. The van der Waals surface area contributed by atoms with E-state index in [1.165, 1.54) is 0 Å². The highest BCUT2D eigenvalue weighted by Gasteiger charge is 2.24. The second kappa shape index (κ2) is 3.79. The van der Waals surface area contributed by atoms with Crippen molar-refractivity contribution in [2.45, 2.75) is 32.0 Å². The molecule has 1 fully saturated rings. The fraction of sp³-hybridized carbons (Fsp3) is 0.455. The predicted molar refractivity (Wildman–Crippen MR) is 55.7 cm³/mol. The molecule has 1 aromatic rings. The Bertz CT molecular complexity index is 332. The van der Waals surface area contributed by atoms with Crippen molar-refractivity contribution in [1.29, 1.82) is 0 Å². The highest BCUT2D eigenvalue weighted by atomic mass is 35.5. The van der Waals surface area contributed by atoms with Crippen LogP contribution in [0.4, 0.5) is 0 Å². The Labute approximate surface area is 88.5 Å². The zero-order chi connectivity index (χ0) is 10.1. The molecule has 0 radical (unpaired) electrons. The molecule has 1 aliphatic carbocycles. The zero-order valence-corrected chi connectivity index (χ0v) is 8.79. The van der Waals surface area contributed by atoms with E-state index in [1.54, 1.807) is 13.0 Å². The van der Waals surface area contributed by atoms with E-state index in [-0.39, 0.29) is 0 Å². The Morgan fingerprint density at radius 2 is 2.21 bits per heavy atom. The van der Waals surface area contributed by atoms with Crippen LogP contribution in [0.2, 0.25) is 5.02 Å². The van der Waals surface area contributed by atoms with Crippen LogP contribution in [0.1, 0.15) is 31.4 Å². The Morgan fingerprint density at radius 1 is 1.50 bits per heavy atom. The number of benzene rings is 1. The minimum Gasteiger partial charge on any atom is -0.489 e. The number of halogens is 1. The molecule has 2 nitrogen and oxygen atoms in total. The van der Waals surface area contributed by atoms with Gasteiger partial charge in [-0.25, -0.2) is 0 Å². The van der Waals surface area contributed by atoms with Gasteiger partial charge in [0.25, 0.3) is 0 Å². The molecule has 1 atom stereocenters. The van der Waals surface area contributed by atoms with Gasteiger partial charge in [0.15, 0.2) is 0 Å². The minimum absolute atomic E-state index is 0.352. The van der Waals surface area contributed by atoms with Crippen LogP contribution in [0.3, 0.4) is 0 Å². The Hall–Kier alpha value is -0.730. The topological polar surface area (TPSA) is 29.5 Å². The normalized spacial score (nSPS) is 17.9. The lowest BCUT2D eigenvalue weighted by Gasteiger charge is -2.09. The molecular formula is C11H13ClO2. The Balaban J connectivity index is 2.17. The summed E-state index contributed by atoms with van der Waals surface area (Å²) < 4.78 is 5.58. The van der Waals surface area contributed by atoms with Crippen molar-refractivity contribution in [3.63, 3.8) is 0 Å². The average molecular weight is 213 g/mol. The number of ether oxygens (including phenoxy) is 1. The molecule has 0 amide bonds. The van der Waals surface area contributed by atoms with E-state index in [4.69, 9.17) is 16.3 Å². The van der Waals surface area contributed by atoms with E-state index in [9.17, 15) is 5.11 Å². The molecule has 3 heteroatoms. The molecular weight excluding hydrogens is 200 g/mol. The fourth-order valence-electron chi connectivity index (χ4n) is 1.24. The second-order valence-corrected chi connectivity index (χ2v) is 4.09. The number of aliphatic hydroxyl groups is 1. The number of hydrogen-bond donors (Lipinski definition) is 1. The highest BCUT2D eigenvalue weighted by Crippen LogP contribution is 2.33. The van der Waals surface area contributed by atoms with Gasteiger partial charge in [0.05, 0.1) is 17.2 Å². The van der Waals surface area contributed by atoms with Crippen LogP contribution in [0, 0.1) is 0 Å². The molecule has 1 aromatic carbocycles. The summed E-state index contributed by atoms with van der Waals surface area (Å²) in [6, 6.07) is 5.42. The van der Waals surface area contributed by atoms with E-state index >= 15 is 0 Å². The van der Waals surface area contributed by atoms with Gasteiger partial charge in [0.2, 0.25) is 0 Å². The molecule has 2 rings (SSSR count). The van der Waals surface area contributed by atoms with Crippen molar-refractivity contribution in [3.8, 4) is 5.75 Å². The molecule has 1 aliphatic rings. The molecule has 14 heavy (non-hydrogen) atoms.